The van der Waals surface area contributed by atoms with Crippen molar-refractivity contribution < 1.29 is 9.18 Å². The van der Waals surface area contributed by atoms with E-state index in [-0.39, 0.29) is 5.82 Å². The second-order valence-corrected chi connectivity index (χ2v) is 3.67. The second-order valence-electron chi connectivity index (χ2n) is 2.76. The van der Waals surface area contributed by atoms with Crippen LogP contribution in [-0.2, 0) is 11.3 Å². The highest BCUT2D eigenvalue weighted by Gasteiger charge is 2.04. The Labute approximate surface area is 84.5 Å². The molecular formula is C9H9BrFNO. The summed E-state index contributed by atoms with van der Waals surface area (Å²) in [5.74, 6) is -0.303. The third-order valence-corrected chi connectivity index (χ3v) is 2.11. The van der Waals surface area contributed by atoms with Crippen molar-refractivity contribution in [3.8, 4) is 0 Å². The molecule has 4 heteroatoms. The topological polar surface area (TPSA) is 20.3 Å². The van der Waals surface area contributed by atoms with Crippen LogP contribution in [0.4, 0.5) is 4.39 Å². The van der Waals surface area contributed by atoms with Gasteiger partial charge in [-0.15, -0.1) is 0 Å². The van der Waals surface area contributed by atoms with E-state index in [9.17, 15) is 9.18 Å². The highest BCUT2D eigenvalue weighted by atomic mass is 79.9. The molecule has 1 aromatic carbocycles. The highest BCUT2D eigenvalue weighted by Crippen LogP contribution is 2.15. The van der Waals surface area contributed by atoms with Gasteiger partial charge in [0.2, 0.25) is 6.41 Å². The molecule has 0 aromatic heterocycles. The van der Waals surface area contributed by atoms with Gasteiger partial charge in [-0.25, -0.2) is 4.39 Å². The molecule has 0 aliphatic rings. The van der Waals surface area contributed by atoms with E-state index in [4.69, 9.17) is 0 Å². The van der Waals surface area contributed by atoms with E-state index in [2.05, 4.69) is 15.9 Å². The van der Waals surface area contributed by atoms with E-state index < -0.39 is 0 Å². The zero-order valence-electron chi connectivity index (χ0n) is 7.13. The van der Waals surface area contributed by atoms with Crippen molar-refractivity contribution in [3.63, 3.8) is 0 Å². The molecule has 0 spiro atoms. The third kappa shape index (κ3) is 2.81. The maximum absolute atomic E-state index is 13.2. The average molecular weight is 246 g/mol. The number of benzene rings is 1. The Bertz CT molecular complexity index is 316. The number of rotatable bonds is 3. The van der Waals surface area contributed by atoms with Gasteiger partial charge < -0.3 is 4.90 Å². The van der Waals surface area contributed by atoms with Gasteiger partial charge in [-0.3, -0.25) is 4.79 Å². The summed E-state index contributed by atoms with van der Waals surface area (Å²) < 4.78 is 13.9. The van der Waals surface area contributed by atoms with E-state index >= 15 is 0 Å². The molecule has 0 aliphatic heterocycles. The fourth-order valence-corrected chi connectivity index (χ4v) is 1.29. The quantitative estimate of drug-likeness (QED) is 0.748. The van der Waals surface area contributed by atoms with E-state index in [1.54, 1.807) is 19.2 Å². The van der Waals surface area contributed by atoms with Gasteiger partial charge in [0.05, 0.1) is 0 Å². The molecule has 1 amide bonds. The molecule has 70 valence electrons. The van der Waals surface area contributed by atoms with E-state index in [0.717, 1.165) is 0 Å². The van der Waals surface area contributed by atoms with Crippen LogP contribution < -0.4 is 0 Å². The molecule has 0 radical (unpaired) electrons. The van der Waals surface area contributed by atoms with Crippen LogP contribution in [0.2, 0.25) is 0 Å². The maximum Gasteiger partial charge on any atom is 0.209 e. The fraction of sp³-hybridized carbons (Fsp3) is 0.222. The lowest BCUT2D eigenvalue weighted by Gasteiger charge is -2.10. The molecule has 0 aliphatic carbocycles. The summed E-state index contributed by atoms with van der Waals surface area (Å²) in [6.07, 6.45) is 0.668. The van der Waals surface area contributed by atoms with Gasteiger partial charge in [-0.2, -0.15) is 0 Å². The zero-order valence-corrected chi connectivity index (χ0v) is 8.71. The van der Waals surface area contributed by atoms with Gasteiger partial charge in [0, 0.05) is 23.6 Å². The molecule has 0 N–H and O–H groups in total. The first kappa shape index (κ1) is 10.2. The summed E-state index contributed by atoms with van der Waals surface area (Å²) in [7, 11) is 1.61. The molecule has 0 bridgehead atoms. The van der Waals surface area contributed by atoms with Crippen molar-refractivity contribution in [1.29, 1.82) is 0 Å². The van der Waals surface area contributed by atoms with Gasteiger partial charge in [0.15, 0.2) is 0 Å². The maximum atomic E-state index is 13.2. The number of nitrogens with zero attached hydrogens (tertiary/aromatic N) is 1. The molecule has 0 unspecified atom stereocenters. The standard InChI is InChI=1S/C9H9BrFNO/c1-12(6-13)5-7-2-3-8(10)4-9(7)11/h2-4,6H,5H2,1H3. The Hall–Kier alpha value is -0.900. The molecule has 0 saturated carbocycles. The van der Waals surface area contributed by atoms with Crippen LogP contribution in [0.3, 0.4) is 0 Å². The van der Waals surface area contributed by atoms with Crippen molar-refractivity contribution in [2.45, 2.75) is 6.54 Å². The highest BCUT2D eigenvalue weighted by molar-refractivity contribution is 9.10. The van der Waals surface area contributed by atoms with Gasteiger partial charge in [0.1, 0.15) is 5.82 Å². The summed E-state index contributed by atoms with van der Waals surface area (Å²) in [4.78, 5) is 11.7. The van der Waals surface area contributed by atoms with E-state index in [0.29, 0.717) is 23.0 Å². The molecule has 0 saturated heterocycles. The second kappa shape index (κ2) is 4.37. The average Bonchev–Trinajstić information content (AvgIpc) is 2.09. The molecule has 2 nitrogen and oxygen atoms in total. The normalized spacial score (nSPS) is 9.77. The molecular weight excluding hydrogens is 237 g/mol. The van der Waals surface area contributed by atoms with Crippen LogP contribution in [-0.4, -0.2) is 18.4 Å². The fourth-order valence-electron chi connectivity index (χ4n) is 0.956. The zero-order chi connectivity index (χ0) is 9.84. The SMILES string of the molecule is CN(C=O)Cc1ccc(Br)cc1F. The van der Waals surface area contributed by atoms with Crippen molar-refractivity contribution >= 4 is 22.3 Å². The Kier molecular flexibility index (Phi) is 3.42. The van der Waals surface area contributed by atoms with Crippen molar-refractivity contribution in [1.82, 2.24) is 4.90 Å². The van der Waals surface area contributed by atoms with Crippen molar-refractivity contribution in [2.24, 2.45) is 0 Å². The summed E-state index contributed by atoms with van der Waals surface area (Å²) in [5, 5.41) is 0. The van der Waals surface area contributed by atoms with E-state index in [1.807, 2.05) is 0 Å². The Morgan fingerprint density at radius 2 is 2.31 bits per heavy atom. The minimum absolute atomic E-state index is 0.294. The Morgan fingerprint density at radius 3 is 2.85 bits per heavy atom. The van der Waals surface area contributed by atoms with Crippen LogP contribution >= 0.6 is 15.9 Å². The van der Waals surface area contributed by atoms with Gasteiger partial charge in [0.25, 0.3) is 0 Å². The summed E-state index contributed by atoms with van der Waals surface area (Å²) in [6.45, 7) is 0.294. The number of hydrogen-bond acceptors (Lipinski definition) is 1. The van der Waals surface area contributed by atoms with Gasteiger partial charge in [-0.05, 0) is 12.1 Å². The van der Waals surface area contributed by atoms with Crippen molar-refractivity contribution in [3.05, 3.63) is 34.1 Å². The van der Waals surface area contributed by atoms with Crippen molar-refractivity contribution in [2.75, 3.05) is 7.05 Å². The first-order valence-electron chi connectivity index (χ1n) is 3.73. The first-order valence-corrected chi connectivity index (χ1v) is 4.52. The predicted octanol–water partition coefficient (Wildman–Crippen LogP) is 2.18. The molecule has 0 heterocycles. The number of amides is 1. The molecule has 13 heavy (non-hydrogen) atoms. The Morgan fingerprint density at radius 1 is 1.62 bits per heavy atom. The number of halogens is 2. The summed E-state index contributed by atoms with van der Waals surface area (Å²) in [6, 6.07) is 4.78. The lowest BCUT2D eigenvalue weighted by molar-refractivity contribution is -0.117. The summed E-state index contributed by atoms with van der Waals surface area (Å²) >= 11 is 3.16. The van der Waals surface area contributed by atoms with E-state index in [1.165, 1.54) is 11.0 Å². The smallest absolute Gasteiger partial charge is 0.209 e. The largest absolute Gasteiger partial charge is 0.344 e. The van der Waals surface area contributed by atoms with Crippen LogP contribution in [0.5, 0.6) is 0 Å². The molecule has 1 aromatic rings. The number of carbonyl (C=O) groups is 1. The lowest BCUT2D eigenvalue weighted by Crippen LogP contribution is -2.15. The van der Waals surface area contributed by atoms with Crippen LogP contribution in [0.15, 0.2) is 22.7 Å². The van der Waals surface area contributed by atoms with Crippen LogP contribution in [0.25, 0.3) is 0 Å². The number of carbonyl (C=O) groups excluding carboxylic acids is 1. The van der Waals surface area contributed by atoms with Gasteiger partial charge >= 0.3 is 0 Å². The summed E-state index contributed by atoms with van der Waals surface area (Å²) in [5.41, 5.74) is 0.512. The first-order chi connectivity index (χ1) is 6.13. The van der Waals surface area contributed by atoms with Crippen LogP contribution in [0, 0.1) is 5.82 Å². The van der Waals surface area contributed by atoms with Gasteiger partial charge in [-0.1, -0.05) is 22.0 Å². The molecule has 0 fully saturated rings. The Balaban J connectivity index is 2.83. The minimum atomic E-state index is -0.303. The minimum Gasteiger partial charge on any atom is -0.344 e. The number of hydrogen-bond donors (Lipinski definition) is 0. The molecule has 1 rings (SSSR count). The lowest BCUT2D eigenvalue weighted by atomic mass is 10.2. The third-order valence-electron chi connectivity index (χ3n) is 1.61. The predicted molar refractivity (Wildman–Crippen MR) is 51.6 cm³/mol. The monoisotopic (exact) mass is 245 g/mol. The molecule has 0 atom stereocenters. The van der Waals surface area contributed by atoms with Crippen LogP contribution in [0.1, 0.15) is 5.56 Å².